The summed E-state index contributed by atoms with van der Waals surface area (Å²) in [6, 6.07) is 30.4. The Labute approximate surface area is 262 Å². The second-order valence-electron chi connectivity index (χ2n) is 11.6. The summed E-state index contributed by atoms with van der Waals surface area (Å²) in [5.74, 6) is 0.894. The summed E-state index contributed by atoms with van der Waals surface area (Å²) in [4.78, 5) is 26.1. The molecule has 44 heavy (non-hydrogen) atoms. The molecular formula is C35H36ClN5O3. The molecule has 0 unspecified atom stereocenters. The largest absolute Gasteiger partial charge is 0.487 e. The minimum absolute atomic E-state index is 0.0335. The molecule has 226 valence electrons. The number of aromatic nitrogens is 3. The number of amides is 2. The first-order valence-corrected chi connectivity index (χ1v) is 14.8. The molecule has 0 saturated carbocycles. The standard InChI is InChI=1S/C35H36ClN5O3/c1-24-19-29(32(36)33(42)40(24)22-25-13-7-5-8-14-25)44-23-27-16-12-11-15-26(27)21-37-34(43)38-31-20-30(35(2,3)4)39-41(31)28-17-9-6-10-18-28/h5-20H,21-23H2,1-4H3,(H2,37,38,43). The van der Waals surface area contributed by atoms with E-state index in [-0.39, 0.29) is 35.2 Å². The van der Waals surface area contributed by atoms with Gasteiger partial charge in [0.25, 0.3) is 5.56 Å². The average molecular weight is 610 g/mol. The van der Waals surface area contributed by atoms with Crippen molar-refractivity contribution in [2.24, 2.45) is 0 Å². The smallest absolute Gasteiger partial charge is 0.320 e. The molecule has 9 heteroatoms. The summed E-state index contributed by atoms with van der Waals surface area (Å²) in [6.07, 6.45) is 0. The van der Waals surface area contributed by atoms with Crippen LogP contribution in [0.15, 0.2) is 102 Å². The third-order valence-electron chi connectivity index (χ3n) is 7.26. The molecular weight excluding hydrogens is 574 g/mol. The van der Waals surface area contributed by atoms with Gasteiger partial charge >= 0.3 is 6.03 Å². The molecule has 0 spiro atoms. The summed E-state index contributed by atoms with van der Waals surface area (Å²) >= 11 is 6.48. The van der Waals surface area contributed by atoms with Crippen LogP contribution in [0, 0.1) is 6.92 Å². The second kappa shape index (κ2) is 13.2. The molecule has 2 N–H and O–H groups in total. The van der Waals surface area contributed by atoms with Gasteiger partial charge in [-0.15, -0.1) is 0 Å². The second-order valence-corrected chi connectivity index (χ2v) is 12.0. The van der Waals surface area contributed by atoms with Crippen molar-refractivity contribution in [3.63, 3.8) is 0 Å². The third kappa shape index (κ3) is 7.21. The van der Waals surface area contributed by atoms with Gasteiger partial charge in [0.2, 0.25) is 0 Å². The quantitative estimate of drug-likeness (QED) is 0.184. The Bertz CT molecular complexity index is 1810. The summed E-state index contributed by atoms with van der Waals surface area (Å²) in [7, 11) is 0. The van der Waals surface area contributed by atoms with Gasteiger partial charge in [-0.2, -0.15) is 5.10 Å². The maximum Gasteiger partial charge on any atom is 0.320 e. The molecule has 2 amide bonds. The molecule has 3 aromatic carbocycles. The van der Waals surface area contributed by atoms with Crippen LogP contribution in [0.5, 0.6) is 5.75 Å². The number of ether oxygens (including phenoxy) is 1. The molecule has 8 nitrogen and oxygen atoms in total. The lowest BCUT2D eigenvalue weighted by Gasteiger charge is -2.16. The van der Waals surface area contributed by atoms with Crippen molar-refractivity contribution in [1.29, 1.82) is 0 Å². The van der Waals surface area contributed by atoms with E-state index < -0.39 is 0 Å². The zero-order valence-corrected chi connectivity index (χ0v) is 26.1. The maximum atomic E-state index is 13.1. The Kier molecular flexibility index (Phi) is 9.20. The fraction of sp³-hybridized carbons (Fsp3) is 0.229. The predicted molar refractivity (Wildman–Crippen MR) is 175 cm³/mol. The van der Waals surface area contributed by atoms with E-state index in [1.54, 1.807) is 15.3 Å². The predicted octanol–water partition coefficient (Wildman–Crippen LogP) is 7.24. The van der Waals surface area contributed by atoms with Gasteiger partial charge in [-0.1, -0.05) is 105 Å². The fourth-order valence-corrected chi connectivity index (χ4v) is 4.96. The number of hydrogen-bond donors (Lipinski definition) is 2. The van der Waals surface area contributed by atoms with Crippen LogP contribution in [0.4, 0.5) is 10.6 Å². The van der Waals surface area contributed by atoms with Crippen LogP contribution in [-0.2, 0) is 25.1 Å². The summed E-state index contributed by atoms with van der Waals surface area (Å²) in [6.45, 7) is 8.97. The van der Waals surface area contributed by atoms with E-state index in [0.717, 1.165) is 33.8 Å². The van der Waals surface area contributed by atoms with Gasteiger partial charge in [-0.3, -0.25) is 10.1 Å². The zero-order chi connectivity index (χ0) is 31.3. The number of rotatable bonds is 9. The summed E-state index contributed by atoms with van der Waals surface area (Å²) < 4.78 is 9.42. The van der Waals surface area contributed by atoms with Crippen LogP contribution in [0.1, 0.15) is 48.8 Å². The highest BCUT2D eigenvalue weighted by atomic mass is 35.5. The first-order valence-electron chi connectivity index (χ1n) is 14.4. The van der Waals surface area contributed by atoms with Gasteiger partial charge in [0, 0.05) is 29.8 Å². The van der Waals surface area contributed by atoms with Crippen LogP contribution >= 0.6 is 11.6 Å². The van der Waals surface area contributed by atoms with Gasteiger partial charge in [-0.25, -0.2) is 9.48 Å². The highest BCUT2D eigenvalue weighted by molar-refractivity contribution is 6.31. The molecule has 5 rings (SSSR count). The Hall–Kier alpha value is -4.82. The van der Waals surface area contributed by atoms with Crippen molar-refractivity contribution >= 4 is 23.4 Å². The number of carbonyl (C=O) groups is 1. The average Bonchev–Trinajstić information content (AvgIpc) is 3.45. The molecule has 0 radical (unpaired) electrons. The van der Waals surface area contributed by atoms with Crippen molar-refractivity contribution in [1.82, 2.24) is 19.7 Å². The van der Waals surface area contributed by atoms with Gasteiger partial charge in [0.1, 0.15) is 23.2 Å². The minimum atomic E-state index is -0.362. The lowest BCUT2D eigenvalue weighted by Crippen LogP contribution is -2.29. The Morgan fingerprint density at radius 1 is 0.909 bits per heavy atom. The van der Waals surface area contributed by atoms with E-state index in [4.69, 9.17) is 21.4 Å². The molecule has 0 bridgehead atoms. The monoisotopic (exact) mass is 609 g/mol. The van der Waals surface area contributed by atoms with E-state index in [9.17, 15) is 9.59 Å². The van der Waals surface area contributed by atoms with Crippen molar-refractivity contribution in [3.05, 3.63) is 141 Å². The Morgan fingerprint density at radius 3 is 2.23 bits per heavy atom. The molecule has 0 aliphatic rings. The first-order chi connectivity index (χ1) is 21.1. The van der Waals surface area contributed by atoms with Gasteiger partial charge in [0.15, 0.2) is 0 Å². The minimum Gasteiger partial charge on any atom is -0.487 e. The normalized spacial score (nSPS) is 11.3. The van der Waals surface area contributed by atoms with Crippen LogP contribution in [0.3, 0.4) is 0 Å². The number of urea groups is 1. The van der Waals surface area contributed by atoms with Crippen LogP contribution in [-0.4, -0.2) is 20.4 Å². The van der Waals surface area contributed by atoms with Gasteiger partial charge < -0.3 is 14.6 Å². The molecule has 2 aromatic heterocycles. The summed E-state index contributed by atoms with van der Waals surface area (Å²) in [5.41, 5.74) is 4.70. The van der Waals surface area contributed by atoms with Crippen LogP contribution in [0.25, 0.3) is 5.69 Å². The number of benzene rings is 3. The Morgan fingerprint density at radius 2 is 1.55 bits per heavy atom. The maximum absolute atomic E-state index is 13.1. The highest BCUT2D eigenvalue weighted by Gasteiger charge is 2.21. The number of pyridine rings is 1. The number of nitrogens with one attached hydrogen (secondary N) is 2. The molecule has 0 saturated heterocycles. The molecule has 5 aromatic rings. The molecule has 0 atom stereocenters. The van der Waals surface area contributed by atoms with Crippen LogP contribution in [0.2, 0.25) is 5.02 Å². The lowest BCUT2D eigenvalue weighted by molar-refractivity contribution is 0.251. The molecule has 0 aliphatic carbocycles. The number of halogens is 1. The number of hydrogen-bond acceptors (Lipinski definition) is 4. The fourth-order valence-electron chi connectivity index (χ4n) is 4.75. The van der Waals surface area contributed by atoms with Gasteiger partial charge in [0.05, 0.1) is 17.9 Å². The number of carbonyl (C=O) groups excluding carboxylic acids is 1. The van der Waals surface area contributed by atoms with Crippen LogP contribution < -0.4 is 20.9 Å². The topological polar surface area (TPSA) is 90.2 Å². The summed E-state index contributed by atoms with van der Waals surface area (Å²) in [5, 5.41) is 10.7. The van der Waals surface area contributed by atoms with Crippen molar-refractivity contribution in [3.8, 4) is 11.4 Å². The van der Waals surface area contributed by atoms with Gasteiger partial charge in [-0.05, 0) is 35.7 Å². The molecule has 2 heterocycles. The number of para-hydroxylation sites is 1. The van der Waals surface area contributed by atoms with Crippen molar-refractivity contribution < 1.29 is 9.53 Å². The number of aryl methyl sites for hydroxylation is 1. The number of anilines is 1. The van der Waals surface area contributed by atoms with E-state index in [1.807, 2.05) is 97.9 Å². The third-order valence-corrected chi connectivity index (χ3v) is 7.61. The molecule has 0 aliphatic heterocycles. The van der Waals surface area contributed by atoms with E-state index in [1.165, 1.54) is 0 Å². The zero-order valence-electron chi connectivity index (χ0n) is 25.3. The lowest BCUT2D eigenvalue weighted by atomic mass is 9.92. The highest BCUT2D eigenvalue weighted by Crippen LogP contribution is 2.27. The first kappa shape index (κ1) is 30.6. The molecule has 0 fully saturated rings. The van der Waals surface area contributed by atoms with E-state index >= 15 is 0 Å². The number of nitrogens with zero attached hydrogens (tertiary/aromatic N) is 3. The SMILES string of the molecule is Cc1cc(OCc2ccccc2CNC(=O)Nc2cc(C(C)(C)C)nn2-c2ccccc2)c(Cl)c(=O)n1Cc1ccccc1. The Balaban J connectivity index is 1.26. The van der Waals surface area contributed by atoms with Crippen molar-refractivity contribution in [2.75, 3.05) is 5.32 Å². The van der Waals surface area contributed by atoms with E-state index in [0.29, 0.717) is 18.1 Å². The van der Waals surface area contributed by atoms with E-state index in [2.05, 4.69) is 31.4 Å². The van der Waals surface area contributed by atoms with Crippen molar-refractivity contribution in [2.45, 2.75) is 52.8 Å².